The number of anilines is 2. The van der Waals surface area contributed by atoms with Gasteiger partial charge in [-0.05, 0) is 37.3 Å². The lowest BCUT2D eigenvalue weighted by Gasteiger charge is -2.40. The third-order valence-corrected chi connectivity index (χ3v) is 5.33. The third kappa shape index (κ3) is 2.75. The van der Waals surface area contributed by atoms with Gasteiger partial charge in [-0.2, -0.15) is 10.2 Å². The number of rotatable bonds is 4. The second kappa shape index (κ2) is 6.19. The summed E-state index contributed by atoms with van der Waals surface area (Å²) in [5, 5.41) is 17.6. The Bertz CT molecular complexity index is 944. The highest BCUT2D eigenvalue weighted by Crippen LogP contribution is 2.27. The Hall–Kier alpha value is -2.77. The van der Waals surface area contributed by atoms with Gasteiger partial charge in [-0.1, -0.05) is 0 Å². The van der Waals surface area contributed by atoms with E-state index in [0.29, 0.717) is 5.92 Å². The summed E-state index contributed by atoms with van der Waals surface area (Å²) in [7, 11) is 1.90. The molecular weight excluding hydrogens is 328 g/mol. The molecule has 1 saturated heterocycles. The van der Waals surface area contributed by atoms with Crippen LogP contribution in [-0.4, -0.2) is 49.6 Å². The average Bonchev–Trinajstić information content (AvgIpc) is 3.01. The van der Waals surface area contributed by atoms with Gasteiger partial charge in [-0.25, -0.2) is 9.97 Å². The summed E-state index contributed by atoms with van der Waals surface area (Å²) in [6, 6.07) is 2.24. The van der Waals surface area contributed by atoms with Gasteiger partial charge in [-0.3, -0.25) is 4.68 Å². The quantitative estimate of drug-likeness (QED) is 0.764. The van der Waals surface area contributed by atoms with Gasteiger partial charge < -0.3 is 10.2 Å². The van der Waals surface area contributed by atoms with Crippen LogP contribution < -0.4 is 10.2 Å². The predicted octanol–water partition coefficient (Wildman–Crippen LogP) is 1.58. The van der Waals surface area contributed by atoms with E-state index in [2.05, 4.69) is 41.5 Å². The van der Waals surface area contributed by atoms with Crippen LogP contribution in [0.5, 0.6) is 0 Å². The molecule has 26 heavy (non-hydrogen) atoms. The lowest BCUT2D eigenvalue weighted by Crippen LogP contribution is -2.50. The highest BCUT2D eigenvalue weighted by Gasteiger charge is 2.29. The molecule has 3 aromatic rings. The number of fused-ring (bicyclic) bond motifs is 2. The van der Waals surface area contributed by atoms with E-state index < -0.39 is 0 Å². The van der Waals surface area contributed by atoms with Gasteiger partial charge in [0, 0.05) is 38.8 Å². The van der Waals surface area contributed by atoms with Crippen molar-refractivity contribution in [3.63, 3.8) is 0 Å². The Balaban J connectivity index is 1.21. The summed E-state index contributed by atoms with van der Waals surface area (Å²) in [6.07, 6.45) is 8.25. The summed E-state index contributed by atoms with van der Waals surface area (Å²) >= 11 is 0. The first-order valence-corrected chi connectivity index (χ1v) is 9.25. The molecule has 8 heteroatoms. The fourth-order valence-electron chi connectivity index (χ4n) is 3.85. The minimum atomic E-state index is 0.578. The fourth-order valence-corrected chi connectivity index (χ4v) is 3.85. The molecule has 2 aliphatic rings. The van der Waals surface area contributed by atoms with E-state index >= 15 is 0 Å². The van der Waals surface area contributed by atoms with Crippen LogP contribution in [-0.2, 0) is 19.9 Å². The van der Waals surface area contributed by atoms with E-state index in [1.807, 2.05) is 13.2 Å². The van der Waals surface area contributed by atoms with Crippen LogP contribution in [0, 0.1) is 5.92 Å². The molecule has 0 spiro atoms. The molecule has 4 heterocycles. The average molecular weight is 350 g/mol. The van der Waals surface area contributed by atoms with Crippen molar-refractivity contribution in [3.8, 4) is 0 Å². The van der Waals surface area contributed by atoms with Crippen molar-refractivity contribution in [2.75, 3.05) is 29.9 Å². The van der Waals surface area contributed by atoms with E-state index in [4.69, 9.17) is 0 Å². The Morgan fingerprint density at radius 1 is 1.15 bits per heavy atom. The fraction of sp³-hybridized carbons (Fsp3) is 0.500. The number of nitrogens with one attached hydrogen (secondary N) is 1. The second-order valence-corrected chi connectivity index (χ2v) is 7.30. The smallest absolute Gasteiger partial charge is 0.186 e. The standard InChI is InChI=1S/C18H22N8/c1-25-10-14-17(20-11-21-18(14)24-25)19-7-12-8-26(9-12)16-6-13-4-2-3-5-15(13)22-23-16/h6,10-12H,2-5,7-9H2,1H3,(H,19,20,21,24). The Kier molecular flexibility index (Phi) is 3.69. The van der Waals surface area contributed by atoms with Gasteiger partial charge in [0.25, 0.3) is 0 Å². The molecular formula is C18H22N8. The zero-order valence-electron chi connectivity index (χ0n) is 14.9. The lowest BCUT2D eigenvalue weighted by molar-refractivity contribution is 0.424. The minimum Gasteiger partial charge on any atom is -0.369 e. The first-order valence-electron chi connectivity index (χ1n) is 9.25. The summed E-state index contributed by atoms with van der Waals surface area (Å²) in [4.78, 5) is 10.9. The zero-order chi connectivity index (χ0) is 17.5. The highest BCUT2D eigenvalue weighted by atomic mass is 15.3. The van der Waals surface area contributed by atoms with Crippen LogP contribution >= 0.6 is 0 Å². The van der Waals surface area contributed by atoms with Crippen molar-refractivity contribution in [1.82, 2.24) is 29.9 Å². The van der Waals surface area contributed by atoms with Crippen molar-refractivity contribution >= 4 is 22.7 Å². The molecule has 0 amide bonds. The number of hydrogen-bond donors (Lipinski definition) is 1. The lowest BCUT2D eigenvalue weighted by atomic mass is 9.95. The molecule has 1 aliphatic carbocycles. The summed E-state index contributed by atoms with van der Waals surface area (Å²) in [5.74, 6) is 2.46. The largest absolute Gasteiger partial charge is 0.369 e. The minimum absolute atomic E-state index is 0.578. The van der Waals surface area contributed by atoms with Gasteiger partial charge in [0.2, 0.25) is 0 Å². The van der Waals surface area contributed by atoms with Crippen LogP contribution in [0.4, 0.5) is 11.6 Å². The molecule has 3 aromatic heterocycles. The van der Waals surface area contributed by atoms with E-state index in [-0.39, 0.29) is 0 Å². The molecule has 5 rings (SSSR count). The van der Waals surface area contributed by atoms with Gasteiger partial charge in [0.15, 0.2) is 11.5 Å². The summed E-state index contributed by atoms with van der Waals surface area (Å²) in [6.45, 7) is 2.89. The Morgan fingerprint density at radius 3 is 2.96 bits per heavy atom. The molecule has 1 N–H and O–H groups in total. The second-order valence-electron chi connectivity index (χ2n) is 7.30. The molecule has 8 nitrogen and oxygen atoms in total. The maximum atomic E-state index is 4.44. The van der Waals surface area contributed by atoms with Crippen molar-refractivity contribution in [3.05, 3.63) is 29.8 Å². The topological polar surface area (TPSA) is 84.7 Å². The van der Waals surface area contributed by atoms with Crippen molar-refractivity contribution in [1.29, 1.82) is 0 Å². The third-order valence-electron chi connectivity index (χ3n) is 5.33. The first kappa shape index (κ1) is 15.5. The summed E-state index contributed by atoms with van der Waals surface area (Å²) in [5.41, 5.74) is 3.32. The molecule has 0 radical (unpaired) electrons. The van der Waals surface area contributed by atoms with Crippen molar-refractivity contribution in [2.24, 2.45) is 13.0 Å². The van der Waals surface area contributed by atoms with Gasteiger partial charge in [0.1, 0.15) is 12.1 Å². The molecule has 1 aliphatic heterocycles. The number of hydrogen-bond acceptors (Lipinski definition) is 7. The number of aromatic nitrogens is 6. The predicted molar refractivity (Wildman–Crippen MR) is 99.2 cm³/mol. The molecule has 0 saturated carbocycles. The normalized spacial score (nSPS) is 17.2. The van der Waals surface area contributed by atoms with Gasteiger partial charge in [0.05, 0.1) is 11.1 Å². The van der Waals surface area contributed by atoms with E-state index in [0.717, 1.165) is 55.1 Å². The first-order chi connectivity index (χ1) is 12.8. The Labute approximate surface area is 151 Å². The van der Waals surface area contributed by atoms with Crippen LogP contribution in [0.1, 0.15) is 24.1 Å². The zero-order valence-corrected chi connectivity index (χ0v) is 14.9. The SMILES string of the molecule is Cn1cc2c(NCC3CN(c4cc5c(nn4)CCCC5)C3)ncnc2n1. The molecule has 0 unspecified atom stereocenters. The summed E-state index contributed by atoms with van der Waals surface area (Å²) < 4.78 is 1.77. The maximum absolute atomic E-state index is 4.44. The Morgan fingerprint density at radius 2 is 2.04 bits per heavy atom. The van der Waals surface area contributed by atoms with Crippen molar-refractivity contribution in [2.45, 2.75) is 25.7 Å². The molecule has 0 bridgehead atoms. The number of aryl methyl sites for hydroxylation is 3. The van der Waals surface area contributed by atoms with Crippen LogP contribution in [0.25, 0.3) is 11.0 Å². The van der Waals surface area contributed by atoms with Crippen molar-refractivity contribution < 1.29 is 0 Å². The van der Waals surface area contributed by atoms with E-state index in [1.54, 1.807) is 11.0 Å². The molecule has 0 atom stereocenters. The number of nitrogens with zero attached hydrogens (tertiary/aromatic N) is 7. The molecule has 1 fully saturated rings. The highest BCUT2D eigenvalue weighted by molar-refractivity contribution is 5.85. The van der Waals surface area contributed by atoms with Crippen LogP contribution in [0.2, 0.25) is 0 Å². The van der Waals surface area contributed by atoms with Crippen LogP contribution in [0.3, 0.4) is 0 Å². The monoisotopic (exact) mass is 350 g/mol. The van der Waals surface area contributed by atoms with E-state index in [1.165, 1.54) is 24.1 Å². The van der Waals surface area contributed by atoms with Gasteiger partial charge in [-0.15, -0.1) is 5.10 Å². The van der Waals surface area contributed by atoms with Gasteiger partial charge >= 0.3 is 0 Å². The maximum Gasteiger partial charge on any atom is 0.186 e. The van der Waals surface area contributed by atoms with E-state index in [9.17, 15) is 0 Å². The molecule has 0 aromatic carbocycles. The molecule has 134 valence electrons. The van der Waals surface area contributed by atoms with Crippen LogP contribution in [0.15, 0.2) is 18.6 Å².